The van der Waals surface area contributed by atoms with Gasteiger partial charge in [0.2, 0.25) is 10.7 Å². The minimum atomic E-state index is -1.37. The lowest BCUT2D eigenvalue weighted by molar-refractivity contribution is -0.219. The lowest BCUT2D eigenvalue weighted by Crippen LogP contribution is -2.62. The Balaban J connectivity index is 2.10. The Labute approximate surface area is 167 Å². The number of ether oxygens (including phenoxy) is 1. The third kappa shape index (κ3) is 3.74. The highest BCUT2D eigenvalue weighted by molar-refractivity contribution is 7.71. The van der Waals surface area contributed by atoms with Crippen LogP contribution in [0.15, 0.2) is 30.3 Å². The van der Waals surface area contributed by atoms with Crippen LogP contribution in [-0.4, -0.2) is 66.5 Å². The summed E-state index contributed by atoms with van der Waals surface area (Å²) >= 11 is 5.57. The van der Waals surface area contributed by atoms with Gasteiger partial charge in [-0.3, -0.25) is 4.79 Å². The minimum Gasteiger partial charge on any atom is -0.394 e. The van der Waals surface area contributed by atoms with Gasteiger partial charge in [-0.1, -0.05) is 30.3 Å². The van der Waals surface area contributed by atoms with Crippen molar-refractivity contribution in [1.29, 1.82) is 0 Å². The van der Waals surface area contributed by atoms with E-state index in [1.54, 1.807) is 0 Å². The first-order valence-electron chi connectivity index (χ1n) is 9.03. The van der Waals surface area contributed by atoms with Crippen LogP contribution in [0.2, 0.25) is 0 Å². The Bertz CT molecular complexity index is 884. The molecule has 4 N–H and O–H groups in total. The topological polar surface area (TPSA) is 122 Å². The maximum absolute atomic E-state index is 11.7. The smallest absolute Gasteiger partial charge is 0.217 e. The van der Waals surface area contributed by atoms with Crippen molar-refractivity contribution in [3.05, 3.63) is 35.1 Å². The summed E-state index contributed by atoms with van der Waals surface area (Å²) in [7, 11) is 0. The molecule has 9 nitrogen and oxygen atoms in total. The van der Waals surface area contributed by atoms with E-state index in [2.05, 4.69) is 10.4 Å². The number of hydrogen-bond acceptors (Lipinski definition) is 7. The molecule has 0 saturated carbocycles. The minimum absolute atomic E-state index is 0.335. The predicted octanol–water partition coefficient (Wildman–Crippen LogP) is 0.217. The third-order valence-electron chi connectivity index (χ3n) is 4.74. The van der Waals surface area contributed by atoms with Crippen molar-refractivity contribution in [3.63, 3.8) is 0 Å². The van der Waals surface area contributed by atoms with Crippen molar-refractivity contribution < 1.29 is 24.9 Å². The molecule has 2 aromatic rings. The molecule has 1 amide bonds. The summed E-state index contributed by atoms with van der Waals surface area (Å²) in [6.45, 7) is 3.27. The van der Waals surface area contributed by atoms with Crippen molar-refractivity contribution in [1.82, 2.24) is 19.7 Å². The monoisotopic (exact) mass is 408 g/mol. The summed E-state index contributed by atoms with van der Waals surface area (Å²) in [5.41, 5.74) is 0.848. The Morgan fingerprint density at radius 1 is 1.29 bits per heavy atom. The molecule has 10 heteroatoms. The summed E-state index contributed by atoms with van der Waals surface area (Å²) < 4.78 is 9.34. The third-order valence-corrected chi connectivity index (χ3v) is 5.15. The van der Waals surface area contributed by atoms with E-state index in [9.17, 15) is 20.1 Å². The van der Waals surface area contributed by atoms with E-state index in [4.69, 9.17) is 17.0 Å². The molecule has 1 fully saturated rings. The quantitative estimate of drug-likeness (QED) is 0.522. The molecule has 0 aliphatic carbocycles. The molecule has 0 spiro atoms. The van der Waals surface area contributed by atoms with Gasteiger partial charge < -0.3 is 29.9 Å². The first-order valence-corrected chi connectivity index (χ1v) is 9.44. The zero-order chi connectivity index (χ0) is 20.4. The summed E-state index contributed by atoms with van der Waals surface area (Å²) in [6, 6.07) is 8.47. The van der Waals surface area contributed by atoms with Crippen LogP contribution in [0.5, 0.6) is 0 Å². The SMILES string of the molecule is CCn1c(-c2ccccc2)nn([C@@H]2O[C@H](CO)[C@@H](O)[C@H](O)[C@H]2NC(C)=O)c1=S. The van der Waals surface area contributed by atoms with Crippen LogP contribution in [0.25, 0.3) is 11.4 Å². The number of nitrogens with one attached hydrogen (secondary N) is 1. The molecule has 1 saturated heterocycles. The Morgan fingerprint density at radius 2 is 1.96 bits per heavy atom. The molecule has 1 aliphatic heterocycles. The van der Waals surface area contributed by atoms with Crippen LogP contribution in [0.3, 0.4) is 0 Å². The van der Waals surface area contributed by atoms with E-state index in [0.717, 1.165) is 5.56 Å². The zero-order valence-corrected chi connectivity index (χ0v) is 16.4. The molecule has 1 aromatic carbocycles. The average Bonchev–Trinajstić information content (AvgIpc) is 3.02. The first kappa shape index (κ1) is 20.6. The van der Waals surface area contributed by atoms with E-state index in [1.807, 2.05) is 41.8 Å². The number of rotatable bonds is 5. The van der Waals surface area contributed by atoms with Crippen molar-refractivity contribution in [2.45, 2.75) is 51.0 Å². The fraction of sp³-hybridized carbons (Fsp3) is 0.500. The largest absolute Gasteiger partial charge is 0.394 e. The lowest BCUT2D eigenvalue weighted by atomic mass is 9.96. The fourth-order valence-electron chi connectivity index (χ4n) is 3.36. The van der Waals surface area contributed by atoms with Crippen molar-refractivity contribution in [3.8, 4) is 11.4 Å². The predicted molar refractivity (Wildman–Crippen MR) is 103 cm³/mol. The molecule has 5 atom stereocenters. The number of aliphatic hydroxyl groups excluding tert-OH is 3. The number of carbonyl (C=O) groups is 1. The van der Waals surface area contributed by atoms with Gasteiger partial charge in [-0.05, 0) is 19.1 Å². The maximum atomic E-state index is 11.7. The molecule has 1 aromatic heterocycles. The second-order valence-corrected chi connectivity index (χ2v) is 6.98. The van der Waals surface area contributed by atoms with Gasteiger partial charge in [0.1, 0.15) is 24.4 Å². The van der Waals surface area contributed by atoms with Crippen molar-refractivity contribution in [2.75, 3.05) is 6.61 Å². The van der Waals surface area contributed by atoms with E-state index in [-0.39, 0.29) is 0 Å². The number of nitrogens with zero attached hydrogens (tertiary/aromatic N) is 3. The standard InChI is InChI=1S/C18H24N4O5S/c1-3-21-16(11-7-5-4-6-8-11)20-22(18(21)28)17-13(19-10(2)24)15(26)14(25)12(9-23)27-17/h4-8,12-15,17,23,25-26H,3,9H2,1-2H3,(H,19,24)/t12-,13-,14-,15-,17-/m1/s1. The van der Waals surface area contributed by atoms with Crippen molar-refractivity contribution in [2.24, 2.45) is 0 Å². The van der Waals surface area contributed by atoms with Gasteiger partial charge in [-0.2, -0.15) is 0 Å². The molecule has 2 heterocycles. The normalized spacial score (nSPS) is 27.5. The Hall–Kier alpha value is -2.11. The highest BCUT2D eigenvalue weighted by atomic mass is 32.1. The number of benzene rings is 1. The summed E-state index contributed by atoms with van der Waals surface area (Å²) in [6.07, 6.45) is -4.77. The molecule has 28 heavy (non-hydrogen) atoms. The number of amides is 1. The molecule has 152 valence electrons. The van der Waals surface area contributed by atoms with E-state index in [0.29, 0.717) is 17.1 Å². The second-order valence-electron chi connectivity index (χ2n) is 6.62. The van der Waals surface area contributed by atoms with E-state index < -0.39 is 43.1 Å². The van der Waals surface area contributed by atoms with Gasteiger partial charge in [-0.25, -0.2) is 4.68 Å². The average molecular weight is 408 g/mol. The van der Waals surface area contributed by atoms with Crippen LogP contribution in [-0.2, 0) is 16.1 Å². The number of carbonyl (C=O) groups excluding carboxylic acids is 1. The maximum Gasteiger partial charge on any atom is 0.217 e. The summed E-state index contributed by atoms with van der Waals surface area (Å²) in [5, 5.41) is 37.4. The Kier molecular flexibility index (Phi) is 6.26. The van der Waals surface area contributed by atoms with Crippen LogP contribution in [0.1, 0.15) is 20.1 Å². The van der Waals surface area contributed by atoms with Gasteiger partial charge >= 0.3 is 0 Å². The fourth-order valence-corrected chi connectivity index (χ4v) is 3.72. The van der Waals surface area contributed by atoms with Gasteiger partial charge in [0, 0.05) is 19.0 Å². The van der Waals surface area contributed by atoms with Gasteiger partial charge in [-0.15, -0.1) is 5.10 Å². The van der Waals surface area contributed by atoms with Gasteiger partial charge in [0.15, 0.2) is 12.1 Å². The first-order chi connectivity index (χ1) is 13.4. The Morgan fingerprint density at radius 3 is 2.54 bits per heavy atom. The van der Waals surface area contributed by atoms with Crippen LogP contribution in [0, 0.1) is 4.77 Å². The van der Waals surface area contributed by atoms with Crippen LogP contribution >= 0.6 is 12.2 Å². The molecule has 0 bridgehead atoms. The summed E-state index contributed by atoms with van der Waals surface area (Å²) in [4.78, 5) is 11.7. The van der Waals surface area contributed by atoms with E-state index >= 15 is 0 Å². The van der Waals surface area contributed by atoms with Gasteiger partial charge in [0.05, 0.1) is 6.61 Å². The molecule has 0 radical (unpaired) electrons. The number of aromatic nitrogens is 3. The summed E-state index contributed by atoms with van der Waals surface area (Å²) in [5.74, 6) is 0.205. The van der Waals surface area contributed by atoms with Crippen LogP contribution in [0.4, 0.5) is 0 Å². The lowest BCUT2D eigenvalue weighted by Gasteiger charge is -2.42. The highest BCUT2D eigenvalue weighted by Crippen LogP contribution is 2.30. The molecular formula is C18H24N4O5S. The van der Waals surface area contributed by atoms with Crippen molar-refractivity contribution >= 4 is 18.1 Å². The molecule has 3 rings (SSSR count). The molecule has 0 unspecified atom stereocenters. The number of hydrogen-bond donors (Lipinski definition) is 4. The molecular weight excluding hydrogens is 384 g/mol. The van der Waals surface area contributed by atoms with E-state index in [1.165, 1.54) is 11.6 Å². The second kappa shape index (κ2) is 8.50. The van der Waals surface area contributed by atoms with Crippen LogP contribution < -0.4 is 5.32 Å². The highest BCUT2D eigenvalue weighted by Gasteiger charge is 2.46. The zero-order valence-electron chi connectivity index (χ0n) is 15.6. The molecule has 1 aliphatic rings. The van der Waals surface area contributed by atoms with Gasteiger partial charge in [0.25, 0.3) is 0 Å². The number of aliphatic hydroxyl groups is 3.